The van der Waals surface area contributed by atoms with E-state index in [1.807, 2.05) is 24.9 Å². The first kappa shape index (κ1) is 19.7. The third-order valence-electron chi connectivity index (χ3n) is 3.45. The van der Waals surface area contributed by atoms with E-state index in [0.717, 1.165) is 16.9 Å². The van der Waals surface area contributed by atoms with Crippen LogP contribution in [0.4, 0.5) is 18.9 Å². The van der Waals surface area contributed by atoms with E-state index >= 15 is 0 Å². The Bertz CT molecular complexity index is 836. The highest BCUT2D eigenvalue weighted by Crippen LogP contribution is 2.26. The number of rotatable bonds is 4. The van der Waals surface area contributed by atoms with Crippen LogP contribution in [0.15, 0.2) is 54.4 Å². The number of ether oxygens (including phenoxy) is 1. The first-order chi connectivity index (χ1) is 12.2. The fourth-order valence-electron chi connectivity index (χ4n) is 2.04. The van der Waals surface area contributed by atoms with Crippen molar-refractivity contribution < 1.29 is 17.9 Å². The summed E-state index contributed by atoms with van der Waals surface area (Å²) in [5.41, 5.74) is 2.43. The standard InChI is InChI=1S/C19H16ClF3N2O/c1-14(5-3-4-6-15-11-12-24-18(20)13-15)25(2)16-7-9-17(10-8-16)26-19(21,22)23/h5,7-13H,3H2,1-2H3/b14-5-. The van der Waals surface area contributed by atoms with Gasteiger partial charge in [-0.2, -0.15) is 0 Å². The third-order valence-corrected chi connectivity index (χ3v) is 3.65. The van der Waals surface area contributed by atoms with E-state index in [1.54, 1.807) is 30.5 Å². The van der Waals surface area contributed by atoms with Gasteiger partial charge < -0.3 is 9.64 Å². The first-order valence-electron chi connectivity index (χ1n) is 7.61. The number of alkyl halides is 3. The van der Waals surface area contributed by atoms with Crippen LogP contribution in [0, 0.1) is 11.8 Å². The molecule has 0 saturated heterocycles. The summed E-state index contributed by atoms with van der Waals surface area (Å²) in [6, 6.07) is 9.12. The minimum atomic E-state index is -4.69. The molecule has 0 saturated carbocycles. The Morgan fingerprint density at radius 2 is 1.96 bits per heavy atom. The molecular weight excluding hydrogens is 365 g/mol. The predicted molar refractivity (Wildman–Crippen MR) is 96.0 cm³/mol. The van der Waals surface area contributed by atoms with Gasteiger partial charge in [0.1, 0.15) is 10.9 Å². The summed E-state index contributed by atoms with van der Waals surface area (Å²) < 4.78 is 40.4. The summed E-state index contributed by atoms with van der Waals surface area (Å²) in [6.07, 6.45) is -0.657. The highest BCUT2D eigenvalue weighted by atomic mass is 35.5. The fraction of sp³-hybridized carbons (Fsp3) is 0.211. The Morgan fingerprint density at radius 1 is 1.27 bits per heavy atom. The number of anilines is 1. The maximum Gasteiger partial charge on any atom is 0.573 e. The van der Waals surface area contributed by atoms with E-state index < -0.39 is 6.36 Å². The lowest BCUT2D eigenvalue weighted by molar-refractivity contribution is -0.274. The molecule has 0 atom stereocenters. The Labute approximate surface area is 155 Å². The zero-order valence-corrected chi connectivity index (χ0v) is 14.9. The second kappa shape index (κ2) is 8.63. The van der Waals surface area contributed by atoms with Crippen LogP contribution in [-0.4, -0.2) is 18.4 Å². The lowest BCUT2D eigenvalue weighted by Gasteiger charge is -2.20. The van der Waals surface area contributed by atoms with Crippen LogP contribution in [0.5, 0.6) is 5.75 Å². The quantitative estimate of drug-likeness (QED) is 0.523. The average Bonchev–Trinajstić information content (AvgIpc) is 2.57. The van der Waals surface area contributed by atoms with Gasteiger partial charge in [-0.05, 0) is 43.3 Å². The summed E-state index contributed by atoms with van der Waals surface area (Å²) in [5.74, 6) is 5.75. The average molecular weight is 381 g/mol. The highest BCUT2D eigenvalue weighted by Gasteiger charge is 2.30. The lowest BCUT2D eigenvalue weighted by atomic mass is 10.2. The van der Waals surface area contributed by atoms with Crippen LogP contribution in [-0.2, 0) is 0 Å². The Hall–Kier alpha value is -2.65. The molecule has 0 aliphatic rings. The van der Waals surface area contributed by atoms with Crippen molar-refractivity contribution in [1.29, 1.82) is 0 Å². The van der Waals surface area contributed by atoms with Gasteiger partial charge in [0.2, 0.25) is 0 Å². The lowest BCUT2D eigenvalue weighted by Crippen LogP contribution is -2.17. The molecule has 1 aromatic heterocycles. The molecule has 1 aromatic carbocycles. The number of benzene rings is 1. The molecule has 0 fully saturated rings. The molecule has 0 bridgehead atoms. The molecule has 136 valence electrons. The van der Waals surface area contributed by atoms with Gasteiger partial charge in [-0.15, -0.1) is 13.2 Å². The summed E-state index contributed by atoms with van der Waals surface area (Å²) >= 11 is 5.80. The molecule has 0 unspecified atom stereocenters. The molecule has 0 spiro atoms. The van der Waals surface area contributed by atoms with Crippen molar-refractivity contribution in [2.45, 2.75) is 19.7 Å². The molecule has 0 radical (unpaired) electrons. The maximum atomic E-state index is 12.2. The van der Waals surface area contributed by atoms with Crippen molar-refractivity contribution in [3.8, 4) is 17.6 Å². The predicted octanol–water partition coefficient (Wildman–Crippen LogP) is 5.42. The molecule has 26 heavy (non-hydrogen) atoms. The normalized spacial score (nSPS) is 11.5. The molecule has 0 N–H and O–H groups in total. The van der Waals surface area contributed by atoms with Crippen molar-refractivity contribution in [3.63, 3.8) is 0 Å². The smallest absolute Gasteiger partial charge is 0.406 e. The number of halogens is 4. The van der Waals surface area contributed by atoms with Crippen LogP contribution in [0.25, 0.3) is 0 Å². The third kappa shape index (κ3) is 6.34. The second-order valence-corrected chi connectivity index (χ2v) is 5.71. The van der Waals surface area contributed by atoms with E-state index in [-0.39, 0.29) is 5.75 Å². The van der Waals surface area contributed by atoms with E-state index in [9.17, 15) is 13.2 Å². The molecule has 2 aromatic rings. The molecule has 1 heterocycles. The van der Waals surface area contributed by atoms with Crippen LogP contribution < -0.4 is 9.64 Å². The van der Waals surface area contributed by atoms with E-state index in [0.29, 0.717) is 11.6 Å². The van der Waals surface area contributed by atoms with Gasteiger partial charge in [0.15, 0.2) is 0 Å². The van der Waals surface area contributed by atoms with E-state index in [1.165, 1.54) is 12.1 Å². The van der Waals surface area contributed by atoms with Crippen LogP contribution in [0.3, 0.4) is 0 Å². The summed E-state index contributed by atoms with van der Waals surface area (Å²) in [6.45, 7) is 1.89. The van der Waals surface area contributed by atoms with Crippen molar-refractivity contribution >= 4 is 17.3 Å². The Kier molecular flexibility index (Phi) is 6.53. The van der Waals surface area contributed by atoms with Gasteiger partial charge in [-0.25, -0.2) is 4.98 Å². The minimum absolute atomic E-state index is 0.252. The number of nitrogens with zero attached hydrogens (tertiary/aromatic N) is 2. The van der Waals surface area contributed by atoms with Crippen LogP contribution in [0.1, 0.15) is 18.9 Å². The topological polar surface area (TPSA) is 25.4 Å². The molecular formula is C19H16ClF3N2O. The van der Waals surface area contributed by atoms with Gasteiger partial charge in [0.25, 0.3) is 0 Å². The number of aromatic nitrogens is 1. The van der Waals surface area contributed by atoms with Gasteiger partial charge >= 0.3 is 6.36 Å². The Morgan fingerprint density at radius 3 is 2.58 bits per heavy atom. The summed E-state index contributed by atoms with van der Waals surface area (Å²) in [4.78, 5) is 5.74. The number of hydrogen-bond acceptors (Lipinski definition) is 3. The largest absolute Gasteiger partial charge is 0.573 e. The number of hydrogen-bond donors (Lipinski definition) is 0. The van der Waals surface area contributed by atoms with Gasteiger partial charge in [0, 0.05) is 36.6 Å². The van der Waals surface area contributed by atoms with E-state index in [2.05, 4.69) is 21.6 Å². The monoisotopic (exact) mass is 380 g/mol. The summed E-state index contributed by atoms with van der Waals surface area (Å²) in [7, 11) is 1.82. The van der Waals surface area contributed by atoms with Crippen molar-refractivity contribution in [2.24, 2.45) is 0 Å². The number of pyridine rings is 1. The SMILES string of the molecule is C/C(=C/CC#Cc1ccnc(Cl)c1)N(C)c1ccc(OC(F)(F)F)cc1. The zero-order chi connectivity index (χ0) is 19.2. The molecule has 2 rings (SSSR count). The second-order valence-electron chi connectivity index (χ2n) is 5.32. The van der Waals surface area contributed by atoms with Crippen molar-refractivity contribution in [3.05, 3.63) is 65.1 Å². The molecule has 0 aliphatic carbocycles. The van der Waals surface area contributed by atoms with Gasteiger partial charge in [-0.3, -0.25) is 0 Å². The van der Waals surface area contributed by atoms with Crippen LogP contribution in [0.2, 0.25) is 5.15 Å². The minimum Gasteiger partial charge on any atom is -0.406 e. The van der Waals surface area contributed by atoms with Crippen LogP contribution >= 0.6 is 11.6 Å². The summed E-state index contributed by atoms with van der Waals surface area (Å²) in [5, 5.41) is 0.390. The highest BCUT2D eigenvalue weighted by molar-refractivity contribution is 6.29. The first-order valence-corrected chi connectivity index (χ1v) is 7.99. The molecule has 0 amide bonds. The van der Waals surface area contributed by atoms with Crippen molar-refractivity contribution in [2.75, 3.05) is 11.9 Å². The zero-order valence-electron chi connectivity index (χ0n) is 14.1. The Balaban J connectivity index is 1.98. The maximum absolute atomic E-state index is 12.2. The van der Waals surface area contributed by atoms with Gasteiger partial charge in [0.05, 0.1) is 0 Å². The van der Waals surface area contributed by atoms with Gasteiger partial charge in [-0.1, -0.05) is 29.5 Å². The van der Waals surface area contributed by atoms with E-state index in [4.69, 9.17) is 11.6 Å². The molecule has 7 heteroatoms. The fourth-order valence-corrected chi connectivity index (χ4v) is 2.22. The molecule has 3 nitrogen and oxygen atoms in total. The molecule has 0 aliphatic heterocycles. The number of allylic oxidation sites excluding steroid dienone is 2. The van der Waals surface area contributed by atoms with Crippen molar-refractivity contribution in [1.82, 2.24) is 4.98 Å².